The average Bonchev–Trinajstić information content (AvgIpc) is 3.08. The van der Waals surface area contributed by atoms with E-state index >= 15 is 0 Å². The zero-order valence-corrected chi connectivity index (χ0v) is 18.1. The minimum Gasteiger partial charge on any atom is -0.355 e. The number of guanidine groups is 1. The largest absolute Gasteiger partial charge is 0.355 e. The van der Waals surface area contributed by atoms with Gasteiger partial charge in [-0.15, -0.1) is 34.2 Å². The van der Waals surface area contributed by atoms with Gasteiger partial charge in [-0.25, -0.2) is 8.42 Å². The van der Waals surface area contributed by atoms with Crippen LogP contribution >= 0.6 is 24.0 Å². The third-order valence-corrected chi connectivity index (χ3v) is 5.38. The molecule has 0 unspecified atom stereocenters. The summed E-state index contributed by atoms with van der Waals surface area (Å²) in [5, 5.41) is 14.1. The zero-order chi connectivity index (χ0) is 18.1. The summed E-state index contributed by atoms with van der Waals surface area (Å²) in [6.07, 6.45) is 2.52. The van der Waals surface area contributed by atoms with Crippen molar-refractivity contribution < 1.29 is 8.42 Å². The van der Waals surface area contributed by atoms with Gasteiger partial charge in [0.05, 0.1) is 10.6 Å². The molecular formula is C16H25IN6O2S. The van der Waals surface area contributed by atoms with Crippen LogP contribution in [0.1, 0.15) is 12.7 Å². The van der Waals surface area contributed by atoms with Crippen LogP contribution in [0.2, 0.25) is 0 Å². The Morgan fingerprint density at radius 2 is 1.88 bits per heavy atom. The van der Waals surface area contributed by atoms with E-state index < -0.39 is 9.84 Å². The highest BCUT2D eigenvalue weighted by atomic mass is 127. The Labute approximate surface area is 171 Å². The number of nitrogens with one attached hydrogen (secondary N) is 2. The number of aryl methyl sites for hydroxylation is 1. The fourth-order valence-electron chi connectivity index (χ4n) is 2.30. The van der Waals surface area contributed by atoms with Crippen LogP contribution in [0.4, 0.5) is 0 Å². The number of aromatic nitrogens is 3. The molecule has 0 aliphatic carbocycles. The lowest BCUT2D eigenvalue weighted by Gasteiger charge is -2.13. The van der Waals surface area contributed by atoms with Gasteiger partial charge in [0.1, 0.15) is 12.2 Å². The molecule has 144 valence electrons. The highest BCUT2D eigenvalue weighted by molar-refractivity contribution is 14.0. The van der Waals surface area contributed by atoms with Crippen molar-refractivity contribution in [1.82, 2.24) is 25.4 Å². The molecule has 1 heterocycles. The molecule has 0 atom stereocenters. The molecule has 2 N–H and O–H groups in total. The number of benzene rings is 1. The van der Waals surface area contributed by atoms with Crippen molar-refractivity contribution in [3.05, 3.63) is 42.5 Å². The van der Waals surface area contributed by atoms with Crippen LogP contribution in [0.5, 0.6) is 0 Å². The number of hydrogen-bond acceptors (Lipinski definition) is 5. The first-order valence-electron chi connectivity index (χ1n) is 8.16. The molecule has 1 aromatic heterocycles. The van der Waals surface area contributed by atoms with Gasteiger partial charge in [-0.05, 0) is 12.1 Å². The van der Waals surface area contributed by atoms with E-state index in [-0.39, 0.29) is 36.3 Å². The van der Waals surface area contributed by atoms with Crippen molar-refractivity contribution in [3.8, 4) is 0 Å². The summed E-state index contributed by atoms with van der Waals surface area (Å²) in [6, 6.07) is 8.44. The number of halogens is 1. The maximum atomic E-state index is 12.2. The summed E-state index contributed by atoms with van der Waals surface area (Å²) >= 11 is 0. The van der Waals surface area contributed by atoms with Gasteiger partial charge in [-0.2, -0.15) is 0 Å². The molecule has 0 spiro atoms. The number of rotatable bonds is 8. The van der Waals surface area contributed by atoms with Crippen molar-refractivity contribution in [2.45, 2.75) is 24.8 Å². The molecule has 0 saturated heterocycles. The Morgan fingerprint density at radius 1 is 1.19 bits per heavy atom. The van der Waals surface area contributed by atoms with Gasteiger partial charge in [0, 0.05) is 33.1 Å². The third kappa shape index (κ3) is 6.56. The van der Waals surface area contributed by atoms with E-state index in [1.54, 1.807) is 43.7 Å². The van der Waals surface area contributed by atoms with Crippen LogP contribution in [0.15, 0.2) is 46.5 Å². The average molecular weight is 492 g/mol. The minimum absolute atomic E-state index is 0. The van der Waals surface area contributed by atoms with Crippen LogP contribution in [-0.2, 0) is 22.8 Å². The maximum Gasteiger partial charge on any atom is 0.191 e. The number of aliphatic imine (C=N–C) groups is 1. The van der Waals surface area contributed by atoms with Crippen molar-refractivity contribution in [3.63, 3.8) is 0 Å². The van der Waals surface area contributed by atoms with E-state index in [0.29, 0.717) is 23.9 Å². The van der Waals surface area contributed by atoms with E-state index in [1.165, 1.54) is 0 Å². The van der Waals surface area contributed by atoms with Crippen molar-refractivity contribution in [2.24, 2.45) is 4.99 Å². The fraction of sp³-hybridized carbons (Fsp3) is 0.438. The molecule has 0 amide bonds. The first-order chi connectivity index (χ1) is 12.1. The molecule has 0 saturated carbocycles. The van der Waals surface area contributed by atoms with Crippen LogP contribution in [-0.4, -0.2) is 55.0 Å². The molecule has 0 aliphatic heterocycles. The third-order valence-electron chi connectivity index (χ3n) is 3.65. The van der Waals surface area contributed by atoms with Crippen molar-refractivity contribution in [1.29, 1.82) is 0 Å². The molecule has 10 heteroatoms. The lowest BCUT2D eigenvalue weighted by Crippen LogP contribution is -2.40. The molecule has 0 radical (unpaired) electrons. The Kier molecular flexibility index (Phi) is 9.55. The number of hydrogen-bond donors (Lipinski definition) is 2. The zero-order valence-electron chi connectivity index (χ0n) is 14.9. The molecule has 26 heavy (non-hydrogen) atoms. The number of sulfone groups is 1. The van der Waals surface area contributed by atoms with E-state index in [4.69, 9.17) is 0 Å². The van der Waals surface area contributed by atoms with Gasteiger partial charge >= 0.3 is 0 Å². The molecule has 0 bridgehead atoms. The summed E-state index contributed by atoms with van der Waals surface area (Å²) in [7, 11) is -1.64. The van der Waals surface area contributed by atoms with E-state index in [2.05, 4.69) is 25.8 Å². The van der Waals surface area contributed by atoms with Crippen LogP contribution in [0.25, 0.3) is 0 Å². The predicted molar refractivity (Wildman–Crippen MR) is 113 cm³/mol. The summed E-state index contributed by atoms with van der Waals surface area (Å²) in [6.45, 7) is 3.65. The summed E-state index contributed by atoms with van der Waals surface area (Å²) in [5.74, 6) is 1.50. The molecule has 1 aromatic carbocycles. The van der Waals surface area contributed by atoms with Crippen molar-refractivity contribution >= 4 is 39.8 Å². The predicted octanol–water partition coefficient (Wildman–Crippen LogP) is 1.10. The summed E-state index contributed by atoms with van der Waals surface area (Å²) in [4.78, 5) is 4.43. The van der Waals surface area contributed by atoms with Crippen molar-refractivity contribution in [2.75, 3.05) is 25.9 Å². The second-order valence-corrected chi connectivity index (χ2v) is 7.46. The molecule has 2 rings (SSSR count). The highest BCUT2D eigenvalue weighted by Gasteiger charge is 2.13. The quantitative estimate of drug-likeness (QED) is 0.325. The summed E-state index contributed by atoms with van der Waals surface area (Å²) < 4.78 is 26.4. The summed E-state index contributed by atoms with van der Waals surface area (Å²) in [5.41, 5.74) is 0. The molecule has 0 fully saturated rings. The first-order valence-corrected chi connectivity index (χ1v) is 9.81. The molecule has 8 nitrogen and oxygen atoms in total. The van der Waals surface area contributed by atoms with Gasteiger partial charge in [0.25, 0.3) is 0 Å². The SMILES string of the molecule is CCc1nncn1CCNC(=NC)NCCS(=O)(=O)c1ccccc1.I. The first kappa shape index (κ1) is 22.4. The van der Waals surface area contributed by atoms with Crippen LogP contribution in [0.3, 0.4) is 0 Å². The Bertz CT molecular complexity index is 792. The minimum atomic E-state index is -3.30. The second-order valence-electron chi connectivity index (χ2n) is 5.35. The van der Waals surface area contributed by atoms with Gasteiger partial charge in [0.15, 0.2) is 15.8 Å². The maximum absolute atomic E-state index is 12.2. The van der Waals surface area contributed by atoms with Gasteiger partial charge < -0.3 is 15.2 Å². The van der Waals surface area contributed by atoms with Gasteiger partial charge in [-0.1, -0.05) is 25.1 Å². The second kappa shape index (κ2) is 11.1. The normalized spacial score (nSPS) is 11.7. The Hall–Kier alpha value is -1.69. The molecule has 2 aromatic rings. The topological polar surface area (TPSA) is 101 Å². The standard InChI is InChI=1S/C16H24N6O2S.HI/c1-3-15-21-20-13-22(15)11-9-18-16(17-2)19-10-12-25(23,24)14-7-5-4-6-8-14;/h4-8,13H,3,9-12H2,1-2H3,(H2,17,18,19);1H. The lowest BCUT2D eigenvalue weighted by molar-refractivity contribution is 0.594. The van der Waals surface area contributed by atoms with Crippen LogP contribution < -0.4 is 10.6 Å². The number of nitrogens with zero attached hydrogens (tertiary/aromatic N) is 4. The Morgan fingerprint density at radius 3 is 2.54 bits per heavy atom. The van der Waals surface area contributed by atoms with E-state index in [0.717, 1.165) is 12.2 Å². The highest BCUT2D eigenvalue weighted by Crippen LogP contribution is 2.09. The molecular weight excluding hydrogens is 467 g/mol. The fourth-order valence-corrected chi connectivity index (χ4v) is 3.48. The van der Waals surface area contributed by atoms with Gasteiger partial charge in [0.2, 0.25) is 0 Å². The van der Waals surface area contributed by atoms with Crippen LogP contribution in [0, 0.1) is 0 Å². The van der Waals surface area contributed by atoms with Gasteiger partial charge in [-0.3, -0.25) is 4.99 Å². The molecule has 0 aliphatic rings. The van der Waals surface area contributed by atoms with E-state index in [1.807, 2.05) is 11.5 Å². The lowest BCUT2D eigenvalue weighted by atomic mass is 10.4. The van der Waals surface area contributed by atoms with E-state index in [9.17, 15) is 8.42 Å². The monoisotopic (exact) mass is 492 g/mol. The Balaban J connectivity index is 0.00000338. The smallest absolute Gasteiger partial charge is 0.191 e.